The van der Waals surface area contributed by atoms with Gasteiger partial charge in [0.2, 0.25) is 11.7 Å². The summed E-state index contributed by atoms with van der Waals surface area (Å²) >= 11 is 0. The summed E-state index contributed by atoms with van der Waals surface area (Å²) in [5.74, 6) is 0.785. The number of aromatic nitrogens is 4. The summed E-state index contributed by atoms with van der Waals surface area (Å²) in [4.78, 5) is 13.0. The lowest BCUT2D eigenvalue weighted by Gasteiger charge is -2.33. The average molecular weight is 355 g/mol. The molecule has 1 aliphatic carbocycles. The Hall–Kier alpha value is -2.28. The molecule has 3 N–H and O–H groups in total. The van der Waals surface area contributed by atoms with Crippen LogP contribution >= 0.6 is 0 Å². The molecular weight excluding hydrogens is 328 g/mol. The van der Waals surface area contributed by atoms with Gasteiger partial charge in [0, 0.05) is 24.3 Å². The van der Waals surface area contributed by atoms with Gasteiger partial charge in [-0.15, -0.1) is 5.10 Å². The first-order valence-corrected chi connectivity index (χ1v) is 9.70. The minimum atomic E-state index is -0.170. The highest BCUT2D eigenvalue weighted by atomic mass is 16.1. The van der Waals surface area contributed by atoms with Crippen molar-refractivity contribution < 1.29 is 9.69 Å². The molecule has 2 heterocycles. The van der Waals surface area contributed by atoms with E-state index in [1.165, 1.54) is 23.3 Å². The van der Waals surface area contributed by atoms with Gasteiger partial charge in [0.15, 0.2) is 6.04 Å². The SMILES string of the molecule is NC(=O)C1CC[NH+]([C@@H](c2ccccc2)c2nnnn2C2CCCC2)CC1. The second-order valence-electron chi connectivity index (χ2n) is 7.60. The summed E-state index contributed by atoms with van der Waals surface area (Å²) in [6.45, 7) is 1.81. The van der Waals surface area contributed by atoms with E-state index < -0.39 is 0 Å². The Morgan fingerprint density at radius 1 is 1.12 bits per heavy atom. The Morgan fingerprint density at radius 2 is 1.81 bits per heavy atom. The standard InChI is InChI=1S/C19H26N6O/c20-18(26)15-10-12-24(13-11-15)17(14-6-2-1-3-7-14)19-21-22-23-25(19)16-8-4-5-9-16/h1-3,6-7,15-17H,4-5,8-13H2,(H2,20,26)/p+1/t17-/m0/s1. The second-order valence-corrected chi connectivity index (χ2v) is 7.60. The van der Waals surface area contributed by atoms with Crippen molar-refractivity contribution in [2.45, 2.75) is 50.6 Å². The number of carbonyl (C=O) groups excluding carboxylic acids is 1. The largest absolute Gasteiger partial charge is 0.369 e. The van der Waals surface area contributed by atoms with Crippen molar-refractivity contribution in [1.82, 2.24) is 20.2 Å². The molecule has 1 atom stereocenters. The minimum Gasteiger partial charge on any atom is -0.369 e. The van der Waals surface area contributed by atoms with E-state index in [2.05, 4.69) is 44.5 Å². The number of hydrogen-bond donors (Lipinski definition) is 2. The van der Waals surface area contributed by atoms with Gasteiger partial charge >= 0.3 is 0 Å². The van der Waals surface area contributed by atoms with E-state index in [1.54, 1.807) is 0 Å². The number of nitrogens with one attached hydrogen (secondary N) is 1. The van der Waals surface area contributed by atoms with Crippen LogP contribution in [0.25, 0.3) is 0 Å². The number of piperidine rings is 1. The monoisotopic (exact) mass is 355 g/mol. The number of rotatable bonds is 5. The molecule has 138 valence electrons. The van der Waals surface area contributed by atoms with Crippen molar-refractivity contribution in [1.29, 1.82) is 0 Å². The first-order valence-electron chi connectivity index (χ1n) is 9.70. The average Bonchev–Trinajstić information content (AvgIpc) is 3.35. The Bertz CT molecular complexity index is 731. The van der Waals surface area contributed by atoms with E-state index in [-0.39, 0.29) is 17.9 Å². The van der Waals surface area contributed by atoms with Crippen LogP contribution in [0.3, 0.4) is 0 Å². The van der Waals surface area contributed by atoms with Crippen molar-refractivity contribution in [3.63, 3.8) is 0 Å². The van der Waals surface area contributed by atoms with Crippen LogP contribution in [0.15, 0.2) is 30.3 Å². The minimum absolute atomic E-state index is 0.000926. The van der Waals surface area contributed by atoms with Crippen LogP contribution in [0.2, 0.25) is 0 Å². The summed E-state index contributed by atoms with van der Waals surface area (Å²) in [5, 5.41) is 12.8. The third-order valence-corrected chi connectivity index (χ3v) is 6.02. The molecule has 0 radical (unpaired) electrons. The van der Waals surface area contributed by atoms with E-state index in [1.807, 2.05) is 6.07 Å². The zero-order chi connectivity index (χ0) is 17.9. The van der Waals surface area contributed by atoms with Crippen LogP contribution in [0.1, 0.15) is 62.0 Å². The third-order valence-electron chi connectivity index (χ3n) is 6.02. The fourth-order valence-corrected chi connectivity index (χ4v) is 4.57. The highest BCUT2D eigenvalue weighted by molar-refractivity contribution is 5.76. The number of carbonyl (C=O) groups is 1. The number of nitrogens with zero attached hydrogens (tertiary/aromatic N) is 4. The van der Waals surface area contributed by atoms with Crippen molar-refractivity contribution in [2.75, 3.05) is 13.1 Å². The van der Waals surface area contributed by atoms with Crippen LogP contribution in [-0.2, 0) is 4.79 Å². The summed E-state index contributed by atoms with van der Waals surface area (Å²) in [5.41, 5.74) is 6.75. The first-order chi connectivity index (χ1) is 12.7. The predicted molar refractivity (Wildman–Crippen MR) is 96.2 cm³/mol. The number of tetrazole rings is 1. The van der Waals surface area contributed by atoms with Crippen molar-refractivity contribution in [2.24, 2.45) is 11.7 Å². The molecule has 7 nitrogen and oxygen atoms in total. The van der Waals surface area contributed by atoms with E-state index >= 15 is 0 Å². The fraction of sp³-hybridized carbons (Fsp3) is 0.579. The van der Waals surface area contributed by atoms with Gasteiger partial charge in [-0.3, -0.25) is 4.79 Å². The van der Waals surface area contributed by atoms with Gasteiger partial charge in [0.1, 0.15) is 0 Å². The smallest absolute Gasteiger partial charge is 0.220 e. The van der Waals surface area contributed by atoms with Gasteiger partial charge in [-0.25, -0.2) is 4.68 Å². The van der Waals surface area contributed by atoms with Gasteiger partial charge in [-0.1, -0.05) is 43.2 Å². The number of benzene rings is 1. The maximum Gasteiger partial charge on any atom is 0.220 e. The third kappa shape index (κ3) is 3.35. The Morgan fingerprint density at radius 3 is 2.46 bits per heavy atom. The van der Waals surface area contributed by atoms with E-state index in [0.29, 0.717) is 6.04 Å². The maximum absolute atomic E-state index is 11.5. The van der Waals surface area contributed by atoms with Crippen LogP contribution in [0, 0.1) is 5.92 Å². The number of hydrogen-bond acceptors (Lipinski definition) is 4. The van der Waals surface area contributed by atoms with Gasteiger partial charge < -0.3 is 10.6 Å². The van der Waals surface area contributed by atoms with Crippen LogP contribution < -0.4 is 10.6 Å². The summed E-state index contributed by atoms with van der Waals surface area (Å²) in [6.07, 6.45) is 6.46. The Kier molecular flexibility index (Phi) is 4.97. The molecule has 2 aliphatic rings. The Labute approximate surface area is 153 Å². The number of likely N-dealkylation sites (tertiary alicyclic amines) is 1. The maximum atomic E-state index is 11.5. The molecule has 1 saturated heterocycles. The van der Waals surface area contributed by atoms with Crippen LogP contribution in [0.5, 0.6) is 0 Å². The molecule has 2 fully saturated rings. The lowest BCUT2D eigenvalue weighted by Crippen LogP contribution is -3.13. The topological polar surface area (TPSA) is 91.1 Å². The van der Waals surface area contributed by atoms with Crippen molar-refractivity contribution >= 4 is 5.91 Å². The lowest BCUT2D eigenvalue weighted by atomic mass is 9.93. The lowest BCUT2D eigenvalue weighted by molar-refractivity contribution is -0.931. The molecule has 1 aromatic carbocycles. The molecule has 1 amide bonds. The zero-order valence-corrected chi connectivity index (χ0v) is 15.1. The molecule has 0 bridgehead atoms. The quantitative estimate of drug-likeness (QED) is 0.824. The van der Waals surface area contributed by atoms with Crippen molar-refractivity contribution in [3.05, 3.63) is 41.7 Å². The molecule has 0 spiro atoms. The van der Waals surface area contributed by atoms with Gasteiger partial charge in [0.25, 0.3) is 0 Å². The predicted octanol–water partition coefficient (Wildman–Crippen LogP) is 0.658. The highest BCUT2D eigenvalue weighted by Crippen LogP contribution is 2.31. The van der Waals surface area contributed by atoms with Gasteiger partial charge in [-0.05, 0) is 23.3 Å². The highest BCUT2D eigenvalue weighted by Gasteiger charge is 2.37. The molecular formula is C19H27N6O+. The summed E-state index contributed by atoms with van der Waals surface area (Å²) in [7, 11) is 0. The fourth-order valence-electron chi connectivity index (χ4n) is 4.57. The summed E-state index contributed by atoms with van der Waals surface area (Å²) in [6, 6.07) is 11.0. The van der Waals surface area contributed by atoms with E-state index in [0.717, 1.165) is 44.6 Å². The van der Waals surface area contributed by atoms with Crippen LogP contribution in [-0.4, -0.2) is 39.2 Å². The number of nitrogens with two attached hydrogens (primary N) is 1. The summed E-state index contributed by atoms with van der Waals surface area (Å²) < 4.78 is 2.07. The number of amides is 1. The molecule has 26 heavy (non-hydrogen) atoms. The Balaban J connectivity index is 1.65. The van der Waals surface area contributed by atoms with E-state index in [9.17, 15) is 4.79 Å². The van der Waals surface area contributed by atoms with E-state index in [4.69, 9.17) is 5.73 Å². The number of primary amides is 1. The van der Waals surface area contributed by atoms with Crippen LogP contribution in [0.4, 0.5) is 0 Å². The zero-order valence-electron chi connectivity index (χ0n) is 15.1. The van der Waals surface area contributed by atoms with Gasteiger partial charge in [-0.2, -0.15) is 0 Å². The second kappa shape index (κ2) is 7.53. The number of quaternary nitrogens is 1. The van der Waals surface area contributed by atoms with Crippen molar-refractivity contribution in [3.8, 4) is 0 Å². The molecule has 0 unspecified atom stereocenters. The molecule has 1 saturated carbocycles. The molecule has 1 aromatic heterocycles. The van der Waals surface area contributed by atoms with Gasteiger partial charge in [0.05, 0.1) is 19.1 Å². The molecule has 4 rings (SSSR count). The molecule has 1 aliphatic heterocycles. The molecule has 7 heteroatoms. The normalized spacial score (nSPS) is 25.2. The molecule has 2 aromatic rings. The first kappa shape index (κ1) is 17.1.